The van der Waals surface area contributed by atoms with Crippen molar-refractivity contribution in [3.05, 3.63) is 29.3 Å². The second kappa shape index (κ2) is 5.11. The highest BCUT2D eigenvalue weighted by Gasteiger charge is 2.19. The molecule has 0 unspecified atom stereocenters. The summed E-state index contributed by atoms with van der Waals surface area (Å²) in [6.45, 7) is -0.649. The van der Waals surface area contributed by atoms with Gasteiger partial charge in [0, 0.05) is 5.56 Å². The van der Waals surface area contributed by atoms with Crippen molar-refractivity contribution in [3.8, 4) is 0 Å². The van der Waals surface area contributed by atoms with E-state index in [9.17, 15) is 9.59 Å². The predicted molar refractivity (Wildman–Crippen MR) is 65.6 cm³/mol. The average molecular weight is 266 g/mol. The maximum absolute atomic E-state index is 11.8. The number of carbonyl (C=O) groups is 2. The molecule has 0 spiro atoms. The van der Waals surface area contributed by atoms with Gasteiger partial charge in [0.05, 0.1) is 22.3 Å². The normalized spacial score (nSPS) is 12.3. The van der Waals surface area contributed by atoms with Crippen molar-refractivity contribution in [2.45, 2.75) is 6.04 Å². The second-order valence-electron chi connectivity index (χ2n) is 3.58. The Balaban J connectivity index is 2.19. The molecule has 94 valence electrons. The minimum absolute atomic E-state index is 0.339. The van der Waals surface area contributed by atoms with Crippen LogP contribution in [0, 0.1) is 0 Å². The van der Waals surface area contributed by atoms with E-state index >= 15 is 0 Å². The summed E-state index contributed by atoms with van der Waals surface area (Å²) in [5.74, 6) is -1.81. The predicted octanol–water partition coefficient (Wildman–Crippen LogP) is 0.472. The Kier molecular flexibility index (Phi) is 3.54. The van der Waals surface area contributed by atoms with E-state index in [0.29, 0.717) is 5.56 Å². The summed E-state index contributed by atoms with van der Waals surface area (Å²) >= 11 is 1.39. The van der Waals surface area contributed by atoms with Crippen LogP contribution in [0.1, 0.15) is 10.4 Å². The van der Waals surface area contributed by atoms with Crippen molar-refractivity contribution in [2.24, 2.45) is 0 Å². The first-order chi connectivity index (χ1) is 8.61. The molecule has 6 nitrogen and oxygen atoms in total. The van der Waals surface area contributed by atoms with Crippen LogP contribution in [0.5, 0.6) is 0 Å². The molecule has 2 aromatic rings. The molecular weight excluding hydrogens is 256 g/mol. The number of hydrogen-bond donors (Lipinski definition) is 3. The third-order valence-corrected chi connectivity index (χ3v) is 3.17. The Labute approximate surface area is 106 Å². The van der Waals surface area contributed by atoms with Crippen molar-refractivity contribution in [1.29, 1.82) is 0 Å². The number of thiazole rings is 1. The molecule has 1 aromatic heterocycles. The molecule has 0 radical (unpaired) electrons. The number of benzene rings is 1. The van der Waals surface area contributed by atoms with Gasteiger partial charge >= 0.3 is 5.97 Å². The zero-order valence-corrected chi connectivity index (χ0v) is 9.98. The van der Waals surface area contributed by atoms with Crippen LogP contribution in [-0.2, 0) is 4.79 Å². The van der Waals surface area contributed by atoms with Gasteiger partial charge < -0.3 is 15.5 Å². The van der Waals surface area contributed by atoms with Gasteiger partial charge in [0.15, 0.2) is 6.04 Å². The number of carboxylic acid groups (broad SMARTS) is 1. The fraction of sp³-hybridized carbons (Fsp3) is 0.182. The van der Waals surface area contributed by atoms with Crippen LogP contribution in [0.3, 0.4) is 0 Å². The number of amides is 1. The lowest BCUT2D eigenvalue weighted by atomic mass is 10.2. The van der Waals surface area contributed by atoms with Crippen LogP contribution in [-0.4, -0.2) is 39.7 Å². The average Bonchev–Trinajstić information content (AvgIpc) is 2.82. The number of aliphatic carboxylic acids is 1. The number of carboxylic acids is 1. The van der Waals surface area contributed by atoms with Crippen LogP contribution in [0.25, 0.3) is 10.2 Å². The quantitative estimate of drug-likeness (QED) is 0.747. The molecule has 0 saturated carbocycles. The molecule has 0 saturated heterocycles. The molecule has 0 aliphatic carbocycles. The van der Waals surface area contributed by atoms with Gasteiger partial charge in [-0.1, -0.05) is 0 Å². The summed E-state index contributed by atoms with van der Waals surface area (Å²) in [5.41, 5.74) is 2.79. The maximum Gasteiger partial charge on any atom is 0.328 e. The summed E-state index contributed by atoms with van der Waals surface area (Å²) < 4.78 is 0.846. The smallest absolute Gasteiger partial charge is 0.328 e. The number of carbonyl (C=O) groups excluding carboxylic acids is 1. The molecule has 0 aliphatic rings. The van der Waals surface area contributed by atoms with E-state index in [0.717, 1.165) is 10.2 Å². The Morgan fingerprint density at radius 3 is 2.89 bits per heavy atom. The molecule has 1 heterocycles. The van der Waals surface area contributed by atoms with Gasteiger partial charge in [0.2, 0.25) is 0 Å². The molecule has 0 aliphatic heterocycles. The highest BCUT2D eigenvalue weighted by Crippen LogP contribution is 2.19. The van der Waals surface area contributed by atoms with Crippen LogP contribution in [0.2, 0.25) is 0 Å². The fourth-order valence-electron chi connectivity index (χ4n) is 1.42. The Morgan fingerprint density at radius 1 is 1.44 bits per heavy atom. The summed E-state index contributed by atoms with van der Waals surface area (Å²) in [6, 6.07) is 3.59. The number of aromatic nitrogens is 1. The highest BCUT2D eigenvalue weighted by molar-refractivity contribution is 7.16. The minimum atomic E-state index is -1.30. The van der Waals surface area contributed by atoms with E-state index in [-0.39, 0.29) is 0 Å². The molecule has 3 N–H and O–H groups in total. The molecule has 7 heteroatoms. The Morgan fingerprint density at radius 2 is 2.22 bits per heavy atom. The molecular formula is C11H10N2O4S. The van der Waals surface area contributed by atoms with Crippen molar-refractivity contribution >= 4 is 33.4 Å². The SMILES string of the molecule is O=C(N[C@@H](CO)C(=O)O)c1ccc2ncsc2c1. The van der Waals surface area contributed by atoms with E-state index in [1.807, 2.05) is 0 Å². The molecule has 2 rings (SSSR count). The number of aliphatic hydroxyl groups excluding tert-OH is 1. The Hall–Kier alpha value is -1.99. The first-order valence-electron chi connectivity index (χ1n) is 5.09. The number of fused-ring (bicyclic) bond motifs is 1. The second-order valence-corrected chi connectivity index (χ2v) is 4.47. The molecule has 0 bridgehead atoms. The van der Waals surface area contributed by atoms with E-state index in [2.05, 4.69) is 10.3 Å². The van der Waals surface area contributed by atoms with E-state index in [1.54, 1.807) is 23.7 Å². The van der Waals surface area contributed by atoms with Gasteiger partial charge in [-0.05, 0) is 18.2 Å². The molecule has 1 aromatic carbocycles. The van der Waals surface area contributed by atoms with E-state index in [4.69, 9.17) is 10.2 Å². The first-order valence-corrected chi connectivity index (χ1v) is 5.97. The van der Waals surface area contributed by atoms with Gasteiger partial charge in [0.1, 0.15) is 0 Å². The van der Waals surface area contributed by atoms with Gasteiger partial charge in [-0.3, -0.25) is 4.79 Å². The maximum atomic E-state index is 11.8. The fourth-order valence-corrected chi connectivity index (χ4v) is 2.14. The van der Waals surface area contributed by atoms with Crippen molar-refractivity contribution in [3.63, 3.8) is 0 Å². The number of rotatable bonds is 4. The molecule has 18 heavy (non-hydrogen) atoms. The van der Waals surface area contributed by atoms with Crippen molar-refractivity contribution < 1.29 is 19.8 Å². The van der Waals surface area contributed by atoms with Crippen LogP contribution in [0.15, 0.2) is 23.7 Å². The minimum Gasteiger partial charge on any atom is -0.480 e. The van der Waals surface area contributed by atoms with E-state index < -0.39 is 24.5 Å². The summed E-state index contributed by atoms with van der Waals surface area (Å²) in [7, 11) is 0. The lowest BCUT2D eigenvalue weighted by Gasteiger charge is -2.11. The summed E-state index contributed by atoms with van der Waals surface area (Å²) in [6.07, 6.45) is 0. The Bertz CT molecular complexity index is 595. The lowest BCUT2D eigenvalue weighted by Crippen LogP contribution is -2.43. The zero-order chi connectivity index (χ0) is 13.1. The monoisotopic (exact) mass is 266 g/mol. The topological polar surface area (TPSA) is 99.5 Å². The van der Waals surface area contributed by atoms with Gasteiger partial charge in [0.25, 0.3) is 5.91 Å². The lowest BCUT2D eigenvalue weighted by molar-refractivity contribution is -0.140. The third-order valence-electron chi connectivity index (χ3n) is 2.38. The van der Waals surface area contributed by atoms with Gasteiger partial charge in [-0.2, -0.15) is 0 Å². The van der Waals surface area contributed by atoms with Crippen LogP contribution in [0.4, 0.5) is 0 Å². The van der Waals surface area contributed by atoms with Crippen molar-refractivity contribution in [2.75, 3.05) is 6.61 Å². The summed E-state index contributed by atoms with van der Waals surface area (Å²) in [4.78, 5) is 26.5. The molecule has 1 amide bonds. The number of nitrogens with zero attached hydrogens (tertiary/aromatic N) is 1. The van der Waals surface area contributed by atoms with Crippen LogP contribution < -0.4 is 5.32 Å². The number of aliphatic hydroxyl groups is 1. The van der Waals surface area contributed by atoms with Gasteiger partial charge in [-0.15, -0.1) is 11.3 Å². The van der Waals surface area contributed by atoms with Crippen LogP contribution >= 0.6 is 11.3 Å². The first kappa shape index (κ1) is 12.5. The number of hydrogen-bond acceptors (Lipinski definition) is 5. The summed E-state index contributed by atoms with van der Waals surface area (Å²) in [5, 5.41) is 19.8. The largest absolute Gasteiger partial charge is 0.480 e. The standard InChI is InChI=1S/C11H10N2O4S/c14-4-8(11(16)17)13-10(15)6-1-2-7-9(3-6)18-5-12-7/h1-3,5,8,14H,4H2,(H,13,15)(H,16,17)/t8-/m0/s1. The van der Waals surface area contributed by atoms with Gasteiger partial charge in [-0.25, -0.2) is 9.78 Å². The molecule has 1 atom stereocenters. The zero-order valence-electron chi connectivity index (χ0n) is 9.16. The highest BCUT2D eigenvalue weighted by atomic mass is 32.1. The third kappa shape index (κ3) is 2.47. The molecule has 0 fully saturated rings. The van der Waals surface area contributed by atoms with Crippen molar-refractivity contribution in [1.82, 2.24) is 10.3 Å². The number of nitrogens with one attached hydrogen (secondary N) is 1. The van der Waals surface area contributed by atoms with E-state index in [1.165, 1.54) is 11.3 Å².